The van der Waals surface area contributed by atoms with Gasteiger partial charge < -0.3 is 0 Å². The fraction of sp³-hybridized carbons (Fsp3) is 0.167. The van der Waals surface area contributed by atoms with E-state index in [9.17, 15) is 19.7 Å². The Balaban J connectivity index is 1.66. The Morgan fingerprint density at radius 2 is 1.76 bits per heavy atom. The Kier molecular flexibility index (Phi) is 4.63. The first-order valence-corrected chi connectivity index (χ1v) is 11.6. The molecule has 5 aromatic rings. The fourth-order valence-electron chi connectivity index (χ4n) is 4.47. The van der Waals surface area contributed by atoms with Gasteiger partial charge in [-0.15, -0.1) is 16.4 Å². The average molecular weight is 471 g/mol. The maximum absolute atomic E-state index is 13.8. The molecule has 0 atom stereocenters. The molecule has 0 saturated heterocycles. The molecule has 0 aliphatic heterocycles. The van der Waals surface area contributed by atoms with Crippen LogP contribution in [0.5, 0.6) is 0 Å². The van der Waals surface area contributed by atoms with Crippen LogP contribution in [0.2, 0.25) is 0 Å². The zero-order valence-electron chi connectivity index (χ0n) is 17.8. The molecule has 1 aliphatic rings. The molecule has 168 valence electrons. The number of aryl methyl sites for hydroxylation is 2. The number of hydrogen-bond acceptors (Lipinski definition) is 7. The summed E-state index contributed by atoms with van der Waals surface area (Å²) < 4.78 is 2.68. The van der Waals surface area contributed by atoms with Crippen LogP contribution in [0.15, 0.2) is 59.4 Å². The summed E-state index contributed by atoms with van der Waals surface area (Å²) in [6.07, 6.45) is 3.83. The Morgan fingerprint density at radius 3 is 2.50 bits per heavy atom. The van der Waals surface area contributed by atoms with Crippen molar-refractivity contribution in [2.45, 2.75) is 25.7 Å². The molecule has 0 fully saturated rings. The first-order chi connectivity index (χ1) is 16.5. The SMILES string of the molecule is O=C(c1ccccc1)c1nn(-c2ccc([N+](=O)[O-])cc2)c2nc3sc4c(c3c(=O)n12)CCCC4. The molecular weight excluding hydrogens is 454 g/mol. The standard InChI is InChI=1S/C24H17N5O4S/c30-20(14-6-2-1-3-7-14)21-26-28(15-10-12-16(13-11-15)29(32)33)24-25-22-19(23(31)27(21)24)17-8-4-5-9-18(17)34-22/h1-3,6-7,10-13H,4-5,8-9H2. The average Bonchev–Trinajstić information content (AvgIpc) is 3.43. The third kappa shape index (κ3) is 3.06. The predicted molar refractivity (Wildman–Crippen MR) is 127 cm³/mol. The number of hydrogen-bond donors (Lipinski definition) is 0. The molecule has 0 N–H and O–H groups in total. The minimum absolute atomic E-state index is 0.0466. The van der Waals surface area contributed by atoms with Gasteiger partial charge in [-0.1, -0.05) is 30.3 Å². The second-order valence-electron chi connectivity index (χ2n) is 8.15. The summed E-state index contributed by atoms with van der Waals surface area (Å²) in [7, 11) is 0. The maximum Gasteiger partial charge on any atom is 0.270 e. The van der Waals surface area contributed by atoms with Gasteiger partial charge in [0.2, 0.25) is 17.4 Å². The Morgan fingerprint density at radius 1 is 1.03 bits per heavy atom. The van der Waals surface area contributed by atoms with Crippen molar-refractivity contribution in [3.05, 3.63) is 96.9 Å². The summed E-state index contributed by atoms with van der Waals surface area (Å²) in [6.45, 7) is 0. The number of non-ortho nitro benzene ring substituents is 1. The van der Waals surface area contributed by atoms with Crippen molar-refractivity contribution >= 4 is 38.8 Å². The molecule has 3 aromatic heterocycles. The first-order valence-electron chi connectivity index (χ1n) is 10.8. The minimum Gasteiger partial charge on any atom is -0.285 e. The second-order valence-corrected chi connectivity index (χ2v) is 9.23. The van der Waals surface area contributed by atoms with E-state index in [0.717, 1.165) is 31.2 Å². The molecule has 34 heavy (non-hydrogen) atoms. The van der Waals surface area contributed by atoms with Gasteiger partial charge in [0.15, 0.2) is 0 Å². The molecular formula is C24H17N5O4S. The summed E-state index contributed by atoms with van der Waals surface area (Å²) in [4.78, 5) is 44.4. The van der Waals surface area contributed by atoms with Crippen molar-refractivity contribution < 1.29 is 9.72 Å². The molecule has 10 heteroatoms. The summed E-state index contributed by atoms with van der Waals surface area (Å²) in [5.41, 5.74) is 1.50. The van der Waals surface area contributed by atoms with Crippen LogP contribution in [0.1, 0.15) is 39.5 Å². The van der Waals surface area contributed by atoms with Crippen LogP contribution in [0, 0.1) is 10.1 Å². The van der Waals surface area contributed by atoms with Crippen molar-refractivity contribution in [3.63, 3.8) is 0 Å². The number of aromatic nitrogens is 4. The lowest BCUT2D eigenvalue weighted by molar-refractivity contribution is -0.384. The number of fused-ring (bicyclic) bond motifs is 4. The zero-order chi connectivity index (χ0) is 23.4. The van der Waals surface area contributed by atoms with Gasteiger partial charge in [-0.2, -0.15) is 4.68 Å². The van der Waals surface area contributed by atoms with Crippen LogP contribution >= 0.6 is 11.3 Å². The van der Waals surface area contributed by atoms with Crippen LogP contribution in [-0.4, -0.2) is 29.9 Å². The summed E-state index contributed by atoms with van der Waals surface area (Å²) in [5, 5.41) is 16.1. The topological polar surface area (TPSA) is 112 Å². The summed E-state index contributed by atoms with van der Waals surface area (Å²) in [5.74, 6) is -0.252. The third-order valence-corrected chi connectivity index (χ3v) is 7.30. The van der Waals surface area contributed by atoms with Gasteiger partial charge in [-0.05, 0) is 43.4 Å². The van der Waals surface area contributed by atoms with E-state index >= 15 is 0 Å². The molecule has 1 aliphatic carbocycles. The van der Waals surface area contributed by atoms with Crippen LogP contribution in [-0.2, 0) is 12.8 Å². The molecule has 0 spiro atoms. The van der Waals surface area contributed by atoms with E-state index in [1.807, 2.05) is 0 Å². The fourth-order valence-corrected chi connectivity index (χ4v) is 5.71. The minimum atomic E-state index is -0.488. The van der Waals surface area contributed by atoms with Crippen molar-refractivity contribution in [2.24, 2.45) is 0 Å². The molecule has 0 saturated carbocycles. The lowest BCUT2D eigenvalue weighted by Crippen LogP contribution is -2.20. The van der Waals surface area contributed by atoms with Gasteiger partial charge in [-0.25, -0.2) is 9.38 Å². The molecule has 6 rings (SSSR count). The van der Waals surface area contributed by atoms with E-state index in [4.69, 9.17) is 4.98 Å². The second kappa shape index (κ2) is 7.70. The van der Waals surface area contributed by atoms with Gasteiger partial charge in [0.05, 0.1) is 16.0 Å². The number of nitro groups is 1. The number of carbonyl (C=O) groups is 1. The molecule has 0 bridgehead atoms. The van der Waals surface area contributed by atoms with Crippen molar-refractivity contribution in [1.29, 1.82) is 0 Å². The lowest BCUT2D eigenvalue weighted by atomic mass is 9.97. The molecule has 0 radical (unpaired) electrons. The molecule has 0 unspecified atom stereocenters. The number of carbonyl (C=O) groups excluding carboxylic acids is 1. The molecule has 0 amide bonds. The van der Waals surface area contributed by atoms with Gasteiger partial charge in [0, 0.05) is 22.6 Å². The monoisotopic (exact) mass is 471 g/mol. The van der Waals surface area contributed by atoms with Crippen molar-refractivity contribution in [2.75, 3.05) is 0 Å². The number of nitro benzene ring substituents is 1. The van der Waals surface area contributed by atoms with Gasteiger partial charge in [0.25, 0.3) is 11.2 Å². The predicted octanol–water partition coefficient (Wildman–Crippen LogP) is 4.11. The normalized spacial score (nSPS) is 13.3. The van der Waals surface area contributed by atoms with Gasteiger partial charge in [-0.3, -0.25) is 19.7 Å². The number of thiophene rings is 1. The summed E-state index contributed by atoms with van der Waals surface area (Å²) in [6, 6.07) is 14.4. The van der Waals surface area contributed by atoms with Crippen LogP contribution in [0.3, 0.4) is 0 Å². The van der Waals surface area contributed by atoms with E-state index < -0.39 is 10.7 Å². The number of benzene rings is 2. The highest BCUT2D eigenvalue weighted by atomic mass is 32.1. The van der Waals surface area contributed by atoms with Gasteiger partial charge >= 0.3 is 0 Å². The highest BCUT2D eigenvalue weighted by molar-refractivity contribution is 7.18. The third-order valence-electron chi connectivity index (χ3n) is 6.11. The maximum atomic E-state index is 13.8. The quantitative estimate of drug-likeness (QED) is 0.221. The van der Waals surface area contributed by atoms with E-state index in [1.165, 1.54) is 49.6 Å². The first kappa shape index (κ1) is 20.4. The van der Waals surface area contributed by atoms with E-state index in [0.29, 0.717) is 21.5 Å². The number of rotatable bonds is 4. The van der Waals surface area contributed by atoms with Crippen molar-refractivity contribution in [1.82, 2.24) is 19.2 Å². The van der Waals surface area contributed by atoms with Gasteiger partial charge in [0.1, 0.15) is 4.83 Å². The van der Waals surface area contributed by atoms with Crippen molar-refractivity contribution in [3.8, 4) is 5.69 Å². The Labute approximate surface area is 196 Å². The van der Waals surface area contributed by atoms with E-state index in [-0.39, 0.29) is 22.8 Å². The Hall–Kier alpha value is -4.18. The van der Waals surface area contributed by atoms with Crippen LogP contribution in [0.25, 0.3) is 21.7 Å². The molecule has 2 aromatic carbocycles. The summed E-state index contributed by atoms with van der Waals surface area (Å²) >= 11 is 1.51. The zero-order valence-corrected chi connectivity index (χ0v) is 18.6. The Bertz CT molecular complexity index is 1670. The lowest BCUT2D eigenvalue weighted by Gasteiger charge is -2.09. The van der Waals surface area contributed by atoms with Crippen LogP contribution < -0.4 is 5.56 Å². The highest BCUT2D eigenvalue weighted by Crippen LogP contribution is 2.34. The smallest absolute Gasteiger partial charge is 0.270 e. The number of ketones is 1. The van der Waals surface area contributed by atoms with E-state index in [1.54, 1.807) is 30.3 Å². The highest BCUT2D eigenvalue weighted by Gasteiger charge is 2.27. The molecule has 3 heterocycles. The number of nitrogens with zero attached hydrogens (tertiary/aromatic N) is 5. The molecule has 9 nitrogen and oxygen atoms in total. The van der Waals surface area contributed by atoms with E-state index in [2.05, 4.69) is 5.10 Å². The largest absolute Gasteiger partial charge is 0.285 e. The van der Waals surface area contributed by atoms with Crippen LogP contribution in [0.4, 0.5) is 5.69 Å².